The summed E-state index contributed by atoms with van der Waals surface area (Å²) in [7, 11) is -2.20. The minimum Gasteiger partial charge on any atom is -0.506 e. The molecule has 276 valence electrons. The van der Waals surface area contributed by atoms with Gasteiger partial charge in [0.2, 0.25) is 5.56 Å². The van der Waals surface area contributed by atoms with Gasteiger partial charge in [-0.3, -0.25) is 10.1 Å². The molecule has 1 atom stereocenters. The van der Waals surface area contributed by atoms with Crippen LogP contribution < -0.4 is 16.2 Å². The summed E-state index contributed by atoms with van der Waals surface area (Å²) in [5.41, 5.74) is 7.38. The number of pyridine rings is 1. The molecular formula is C41H48N6O5Si. The lowest BCUT2D eigenvalue weighted by molar-refractivity contribution is 0.181. The fraction of sp³-hybridized carbons (Fsp3) is 0.317. The van der Waals surface area contributed by atoms with Gasteiger partial charge in [0.05, 0.1) is 22.8 Å². The number of nitrogens with one attached hydrogen (secondary N) is 3. The predicted molar refractivity (Wildman–Crippen MR) is 213 cm³/mol. The highest BCUT2D eigenvalue weighted by Gasteiger charge is 2.39. The van der Waals surface area contributed by atoms with Gasteiger partial charge in [0.25, 0.3) is 0 Å². The van der Waals surface area contributed by atoms with E-state index < -0.39 is 14.4 Å². The number of rotatable bonds is 14. The van der Waals surface area contributed by atoms with E-state index in [0.717, 1.165) is 70.0 Å². The van der Waals surface area contributed by atoms with Gasteiger partial charge in [-0.05, 0) is 90.0 Å². The maximum atomic E-state index is 12.1. The molecule has 53 heavy (non-hydrogen) atoms. The van der Waals surface area contributed by atoms with Crippen molar-refractivity contribution in [2.75, 3.05) is 11.9 Å². The van der Waals surface area contributed by atoms with Crippen molar-refractivity contribution in [2.24, 2.45) is 0 Å². The Morgan fingerprint density at radius 1 is 0.962 bits per heavy atom. The number of nitrogens with zero attached hydrogens (tertiary/aromatic N) is 3. The second-order valence-electron chi connectivity index (χ2n) is 15.1. The number of aromatic amines is 1. The number of aryl methyl sites for hydroxylation is 2. The lowest BCUT2D eigenvalue weighted by atomic mass is 9.99. The van der Waals surface area contributed by atoms with Crippen molar-refractivity contribution in [2.45, 2.75) is 77.4 Å². The van der Waals surface area contributed by atoms with Gasteiger partial charge in [0, 0.05) is 36.7 Å². The Balaban J connectivity index is 1.09. The molecule has 0 spiro atoms. The number of H-pyrrole nitrogens is 1. The van der Waals surface area contributed by atoms with E-state index in [1.54, 1.807) is 12.1 Å². The Morgan fingerprint density at radius 2 is 1.74 bits per heavy atom. The third-order valence-electron chi connectivity index (χ3n) is 10.2. The van der Waals surface area contributed by atoms with Gasteiger partial charge in [0.1, 0.15) is 11.3 Å². The Hall–Kier alpha value is -5.30. The molecule has 0 fully saturated rings. The summed E-state index contributed by atoms with van der Waals surface area (Å²) < 4.78 is 8.88. The number of unbranched alkanes of at least 4 members (excludes halogenated alkanes) is 1. The Morgan fingerprint density at radius 3 is 2.49 bits per heavy atom. The zero-order valence-corrected chi connectivity index (χ0v) is 31.9. The number of carbonyl (C=O) groups is 1. The first-order chi connectivity index (χ1) is 25.3. The van der Waals surface area contributed by atoms with Crippen LogP contribution in [0.2, 0.25) is 18.1 Å². The maximum Gasteiger partial charge on any atom is 0.409 e. The van der Waals surface area contributed by atoms with E-state index in [2.05, 4.69) is 84.1 Å². The highest BCUT2D eigenvalue weighted by atomic mass is 28.4. The van der Waals surface area contributed by atoms with Crippen LogP contribution in [0.25, 0.3) is 33.1 Å². The summed E-state index contributed by atoms with van der Waals surface area (Å²) >= 11 is 0. The molecule has 6 rings (SSSR count). The van der Waals surface area contributed by atoms with Crippen LogP contribution in [0.4, 0.5) is 10.5 Å². The number of hydrogen-bond donors (Lipinski definition) is 5. The largest absolute Gasteiger partial charge is 0.506 e. The summed E-state index contributed by atoms with van der Waals surface area (Å²) in [5.74, 6) is 0.0276. The molecule has 2 aromatic heterocycles. The Bertz CT molecular complexity index is 2280. The van der Waals surface area contributed by atoms with Crippen LogP contribution in [0.1, 0.15) is 56.4 Å². The molecule has 12 heteroatoms. The van der Waals surface area contributed by atoms with Crippen LogP contribution in [-0.4, -0.2) is 51.1 Å². The molecule has 2 heterocycles. The minimum atomic E-state index is -2.20. The number of aromatic hydroxyl groups is 1. The van der Waals surface area contributed by atoms with E-state index in [1.165, 1.54) is 6.07 Å². The van der Waals surface area contributed by atoms with E-state index in [9.17, 15) is 19.8 Å². The van der Waals surface area contributed by atoms with Gasteiger partial charge in [-0.2, -0.15) is 0 Å². The topological polar surface area (TPSA) is 154 Å². The van der Waals surface area contributed by atoms with E-state index in [0.29, 0.717) is 24.3 Å². The molecule has 0 unspecified atom stereocenters. The quantitative estimate of drug-likeness (QED) is 0.0551. The molecule has 1 amide bonds. The maximum absolute atomic E-state index is 12.1. The first kappa shape index (κ1) is 37.5. The fourth-order valence-corrected chi connectivity index (χ4v) is 7.63. The van der Waals surface area contributed by atoms with E-state index in [1.807, 2.05) is 53.2 Å². The molecule has 4 aromatic carbocycles. The van der Waals surface area contributed by atoms with Crippen molar-refractivity contribution < 1.29 is 19.4 Å². The van der Waals surface area contributed by atoms with Gasteiger partial charge in [-0.1, -0.05) is 80.6 Å². The third kappa shape index (κ3) is 8.85. The average molecular weight is 733 g/mol. The minimum absolute atomic E-state index is 0.0136. The number of fused-ring (bicyclic) bond motifs is 2. The molecule has 0 aliphatic rings. The molecule has 0 aliphatic carbocycles. The van der Waals surface area contributed by atoms with E-state index in [4.69, 9.17) is 4.43 Å². The molecule has 0 aliphatic heterocycles. The smallest absolute Gasteiger partial charge is 0.409 e. The molecule has 0 radical (unpaired) electrons. The number of aromatic nitrogens is 4. The van der Waals surface area contributed by atoms with Gasteiger partial charge >= 0.3 is 6.09 Å². The number of phenols is 1. The molecule has 0 saturated carbocycles. The molecule has 11 nitrogen and oxygen atoms in total. The van der Waals surface area contributed by atoms with E-state index >= 15 is 0 Å². The van der Waals surface area contributed by atoms with Gasteiger partial charge in [-0.25, -0.2) is 9.48 Å². The summed E-state index contributed by atoms with van der Waals surface area (Å²) in [6.07, 6.45) is 1.21. The van der Waals surface area contributed by atoms with Crippen LogP contribution in [0.15, 0.2) is 95.8 Å². The van der Waals surface area contributed by atoms with E-state index in [-0.39, 0.29) is 22.5 Å². The number of phenolic OH excluding ortho intramolecular Hbond substituents is 1. The highest BCUT2D eigenvalue weighted by molar-refractivity contribution is 6.74. The average Bonchev–Trinajstić information content (AvgIpc) is 3.52. The number of benzene rings is 4. The van der Waals surface area contributed by atoms with Crippen molar-refractivity contribution in [3.63, 3.8) is 0 Å². The second-order valence-corrected chi connectivity index (χ2v) is 19.8. The number of amides is 1. The zero-order valence-electron chi connectivity index (χ0n) is 30.9. The van der Waals surface area contributed by atoms with Crippen molar-refractivity contribution in [3.05, 3.63) is 118 Å². The van der Waals surface area contributed by atoms with Crippen molar-refractivity contribution >= 4 is 42.0 Å². The highest BCUT2D eigenvalue weighted by Crippen LogP contribution is 2.41. The van der Waals surface area contributed by atoms with Crippen LogP contribution in [0.3, 0.4) is 0 Å². The lowest BCUT2D eigenvalue weighted by Crippen LogP contribution is -2.43. The van der Waals surface area contributed by atoms with Gasteiger partial charge in [-0.15, -0.1) is 5.10 Å². The monoisotopic (exact) mass is 732 g/mol. The zero-order chi connectivity index (χ0) is 37.8. The van der Waals surface area contributed by atoms with Crippen LogP contribution >= 0.6 is 0 Å². The molecule has 5 N–H and O–H groups in total. The molecular weight excluding hydrogens is 685 g/mol. The van der Waals surface area contributed by atoms with Gasteiger partial charge in [0.15, 0.2) is 8.32 Å². The standard InChI is InChI=1S/C41H48N6O5Si/c1-41(2,3)53(4,5)52-37(31-17-20-36(48)39-32(31)18-21-38(49)44-39)26-42-25-28-15-19-35-34(24-28)45-46-47(35)22-10-9-11-27-14-16-30(29-12-7-6-8-13-29)33(23-27)43-40(50)51/h6-8,12-21,23-24,37,42-43,48H,9-11,22,25-26H2,1-5H3,(H,44,49)(H,50,51)/t37-/m1/s1. The van der Waals surface area contributed by atoms with Gasteiger partial charge < -0.3 is 24.9 Å². The van der Waals surface area contributed by atoms with Crippen molar-refractivity contribution in [1.29, 1.82) is 0 Å². The first-order valence-electron chi connectivity index (χ1n) is 18.0. The predicted octanol–water partition coefficient (Wildman–Crippen LogP) is 8.61. The first-order valence-corrected chi connectivity index (χ1v) is 20.9. The summed E-state index contributed by atoms with van der Waals surface area (Å²) in [6, 6.07) is 28.7. The third-order valence-corrected chi connectivity index (χ3v) is 14.7. The second kappa shape index (κ2) is 15.7. The van der Waals surface area contributed by atoms with Crippen molar-refractivity contribution in [3.8, 4) is 16.9 Å². The lowest BCUT2D eigenvalue weighted by Gasteiger charge is -2.39. The van der Waals surface area contributed by atoms with Crippen LogP contribution in [0, 0.1) is 0 Å². The van der Waals surface area contributed by atoms with Crippen LogP contribution in [-0.2, 0) is 23.9 Å². The number of carboxylic acid groups (broad SMARTS) is 1. The summed E-state index contributed by atoms with van der Waals surface area (Å²) in [6.45, 7) is 12.9. The summed E-state index contributed by atoms with van der Waals surface area (Å²) in [5, 5.41) is 35.7. The normalized spacial score (nSPS) is 12.7. The SMILES string of the molecule is CC(C)(C)[Si](C)(C)O[C@H](CNCc1ccc2c(c1)nnn2CCCCc1ccc(-c2ccccc2)c(NC(=O)O)c1)c1ccc(O)c2[nH]c(=O)ccc12. The molecule has 0 bridgehead atoms. The molecule has 0 saturated heterocycles. The fourth-order valence-electron chi connectivity index (χ4n) is 6.35. The Labute approximate surface area is 310 Å². The molecule has 6 aromatic rings. The number of anilines is 1. The van der Waals surface area contributed by atoms with Crippen LogP contribution in [0.5, 0.6) is 5.75 Å². The number of hydrogen-bond acceptors (Lipinski definition) is 7. The van der Waals surface area contributed by atoms with Crippen molar-refractivity contribution in [1.82, 2.24) is 25.3 Å². The summed E-state index contributed by atoms with van der Waals surface area (Å²) in [4.78, 5) is 26.4. The Kier molecular flexibility index (Phi) is 11.1.